The maximum Gasteiger partial charge on any atom is 0.225 e. The van der Waals surface area contributed by atoms with Crippen LogP contribution in [0.3, 0.4) is 0 Å². The third-order valence-corrected chi connectivity index (χ3v) is 2.87. The molecule has 2 atom stereocenters. The molecule has 2 aliphatic rings. The molecule has 2 fully saturated rings. The van der Waals surface area contributed by atoms with Crippen LogP contribution >= 0.6 is 0 Å². The summed E-state index contributed by atoms with van der Waals surface area (Å²) in [7, 11) is 0. The van der Waals surface area contributed by atoms with Crippen LogP contribution < -0.4 is 5.32 Å². The van der Waals surface area contributed by atoms with Gasteiger partial charge in [-0.1, -0.05) is 0 Å². The number of nitrogens with one attached hydrogen (secondary N) is 1. The highest BCUT2D eigenvalue weighted by Gasteiger charge is 2.32. The zero-order valence-electron chi connectivity index (χ0n) is 8.08. The first-order chi connectivity index (χ1) is 6.27. The van der Waals surface area contributed by atoms with Crippen LogP contribution in [0.1, 0.15) is 32.6 Å². The smallest absolute Gasteiger partial charge is 0.225 e. The molecule has 0 bridgehead atoms. The number of hydrogen-bond acceptors (Lipinski definition) is 2. The summed E-state index contributed by atoms with van der Waals surface area (Å²) < 4.78 is 5.45. The Bertz CT molecular complexity index is 201. The molecule has 3 nitrogen and oxygen atoms in total. The quantitative estimate of drug-likeness (QED) is 0.695. The molecule has 1 N–H and O–H groups in total. The van der Waals surface area contributed by atoms with Crippen molar-refractivity contribution in [3.05, 3.63) is 0 Å². The Morgan fingerprint density at radius 1 is 1.38 bits per heavy atom. The summed E-state index contributed by atoms with van der Waals surface area (Å²) in [5.41, 5.74) is 0. The van der Waals surface area contributed by atoms with E-state index in [0.29, 0.717) is 6.04 Å². The van der Waals surface area contributed by atoms with Gasteiger partial charge in [0.2, 0.25) is 5.91 Å². The van der Waals surface area contributed by atoms with Crippen molar-refractivity contribution < 1.29 is 9.53 Å². The second-order valence-corrected chi connectivity index (χ2v) is 4.11. The van der Waals surface area contributed by atoms with Crippen molar-refractivity contribution in [3.8, 4) is 0 Å². The molecule has 1 saturated heterocycles. The van der Waals surface area contributed by atoms with Gasteiger partial charge in [0.1, 0.15) is 0 Å². The molecule has 0 spiro atoms. The van der Waals surface area contributed by atoms with Gasteiger partial charge in [-0.25, -0.2) is 0 Å². The van der Waals surface area contributed by atoms with Crippen LogP contribution in [0.25, 0.3) is 0 Å². The van der Waals surface area contributed by atoms with E-state index in [2.05, 4.69) is 5.32 Å². The topological polar surface area (TPSA) is 38.3 Å². The van der Waals surface area contributed by atoms with Gasteiger partial charge < -0.3 is 10.1 Å². The SMILES string of the molecule is C[C@H]1OCCC[C@H]1C(=O)NC1CC1. The maximum absolute atomic E-state index is 11.7. The summed E-state index contributed by atoms with van der Waals surface area (Å²) in [5, 5.41) is 3.04. The minimum Gasteiger partial charge on any atom is -0.378 e. The Hall–Kier alpha value is -0.570. The van der Waals surface area contributed by atoms with Gasteiger partial charge in [-0.15, -0.1) is 0 Å². The summed E-state index contributed by atoms with van der Waals surface area (Å²) in [6.07, 6.45) is 4.43. The number of rotatable bonds is 2. The van der Waals surface area contributed by atoms with Crippen molar-refractivity contribution in [2.75, 3.05) is 6.61 Å². The lowest BCUT2D eigenvalue weighted by Gasteiger charge is -2.27. The van der Waals surface area contributed by atoms with Gasteiger partial charge in [0, 0.05) is 12.6 Å². The molecule has 74 valence electrons. The van der Waals surface area contributed by atoms with E-state index in [-0.39, 0.29) is 17.9 Å². The van der Waals surface area contributed by atoms with Gasteiger partial charge in [0.25, 0.3) is 0 Å². The average Bonchev–Trinajstić information content (AvgIpc) is 2.89. The van der Waals surface area contributed by atoms with Gasteiger partial charge in [-0.2, -0.15) is 0 Å². The van der Waals surface area contributed by atoms with Crippen LogP contribution in [0.5, 0.6) is 0 Å². The molecule has 1 saturated carbocycles. The van der Waals surface area contributed by atoms with E-state index in [1.165, 1.54) is 0 Å². The molecule has 3 heteroatoms. The van der Waals surface area contributed by atoms with Gasteiger partial charge in [-0.3, -0.25) is 4.79 Å². The summed E-state index contributed by atoms with van der Waals surface area (Å²) in [4.78, 5) is 11.7. The largest absolute Gasteiger partial charge is 0.378 e. The highest BCUT2D eigenvalue weighted by molar-refractivity contribution is 5.79. The Morgan fingerprint density at radius 3 is 2.77 bits per heavy atom. The number of carbonyl (C=O) groups excluding carboxylic acids is 1. The molecule has 1 heterocycles. The van der Waals surface area contributed by atoms with Gasteiger partial charge in [-0.05, 0) is 32.6 Å². The third kappa shape index (κ3) is 2.21. The van der Waals surface area contributed by atoms with Crippen LogP contribution in [0, 0.1) is 5.92 Å². The van der Waals surface area contributed by atoms with Crippen molar-refractivity contribution in [3.63, 3.8) is 0 Å². The zero-order chi connectivity index (χ0) is 9.26. The van der Waals surface area contributed by atoms with E-state index in [0.717, 1.165) is 32.3 Å². The Labute approximate surface area is 78.8 Å². The predicted octanol–water partition coefficient (Wildman–Crippen LogP) is 1.08. The number of ether oxygens (including phenoxy) is 1. The van der Waals surface area contributed by atoms with E-state index < -0.39 is 0 Å². The molecule has 0 unspecified atom stereocenters. The minimum atomic E-state index is 0.0920. The van der Waals surface area contributed by atoms with Crippen LogP contribution in [-0.2, 0) is 9.53 Å². The summed E-state index contributed by atoms with van der Waals surface area (Å²) in [6.45, 7) is 2.81. The third-order valence-electron chi connectivity index (χ3n) is 2.87. The Kier molecular flexibility index (Phi) is 2.54. The van der Waals surface area contributed by atoms with E-state index >= 15 is 0 Å². The molecule has 0 aromatic carbocycles. The molecule has 1 aliphatic carbocycles. The summed E-state index contributed by atoms with van der Waals surface area (Å²) in [6, 6.07) is 0.474. The van der Waals surface area contributed by atoms with Crippen molar-refractivity contribution in [2.45, 2.75) is 44.8 Å². The van der Waals surface area contributed by atoms with E-state index in [9.17, 15) is 4.79 Å². The van der Waals surface area contributed by atoms with E-state index in [4.69, 9.17) is 4.74 Å². The molecule has 0 aromatic heterocycles. The Balaban J connectivity index is 1.85. The summed E-state index contributed by atoms with van der Waals surface area (Å²) in [5.74, 6) is 0.295. The lowest BCUT2D eigenvalue weighted by molar-refractivity contribution is -0.133. The summed E-state index contributed by atoms with van der Waals surface area (Å²) >= 11 is 0. The fourth-order valence-electron chi connectivity index (χ4n) is 1.80. The molecular weight excluding hydrogens is 166 g/mol. The minimum absolute atomic E-state index is 0.0920. The molecule has 2 rings (SSSR count). The van der Waals surface area contributed by atoms with Crippen LogP contribution in [0.15, 0.2) is 0 Å². The molecule has 1 amide bonds. The Morgan fingerprint density at radius 2 is 2.15 bits per heavy atom. The second kappa shape index (κ2) is 3.66. The van der Waals surface area contributed by atoms with Crippen molar-refractivity contribution in [2.24, 2.45) is 5.92 Å². The lowest BCUT2D eigenvalue weighted by atomic mass is 9.94. The zero-order valence-corrected chi connectivity index (χ0v) is 8.08. The fourth-order valence-corrected chi connectivity index (χ4v) is 1.80. The fraction of sp³-hybridized carbons (Fsp3) is 0.900. The second-order valence-electron chi connectivity index (χ2n) is 4.11. The molecule has 0 aromatic rings. The standard InChI is InChI=1S/C10H17NO2/c1-7-9(3-2-6-13-7)10(12)11-8-4-5-8/h7-9H,2-6H2,1H3,(H,11,12)/t7-,9-/m1/s1. The van der Waals surface area contributed by atoms with Gasteiger partial charge in [0.15, 0.2) is 0 Å². The highest BCUT2D eigenvalue weighted by atomic mass is 16.5. The molecule has 13 heavy (non-hydrogen) atoms. The molecule has 0 radical (unpaired) electrons. The van der Waals surface area contributed by atoms with Crippen molar-refractivity contribution in [1.29, 1.82) is 0 Å². The lowest BCUT2D eigenvalue weighted by Crippen LogP contribution is -2.41. The van der Waals surface area contributed by atoms with Crippen LogP contribution in [-0.4, -0.2) is 24.7 Å². The van der Waals surface area contributed by atoms with Crippen LogP contribution in [0.2, 0.25) is 0 Å². The number of amides is 1. The first kappa shape index (κ1) is 9.00. The van der Waals surface area contributed by atoms with Crippen LogP contribution in [0.4, 0.5) is 0 Å². The molecule has 1 aliphatic heterocycles. The van der Waals surface area contributed by atoms with Crippen molar-refractivity contribution in [1.82, 2.24) is 5.32 Å². The first-order valence-corrected chi connectivity index (χ1v) is 5.19. The van der Waals surface area contributed by atoms with Gasteiger partial charge in [0.05, 0.1) is 12.0 Å². The first-order valence-electron chi connectivity index (χ1n) is 5.19. The average molecular weight is 183 g/mol. The normalized spacial score (nSPS) is 34.2. The monoisotopic (exact) mass is 183 g/mol. The number of carbonyl (C=O) groups is 1. The van der Waals surface area contributed by atoms with E-state index in [1.807, 2.05) is 6.92 Å². The maximum atomic E-state index is 11.7. The number of hydrogen-bond donors (Lipinski definition) is 1. The molecular formula is C10H17NO2. The predicted molar refractivity (Wildman–Crippen MR) is 49.3 cm³/mol. The van der Waals surface area contributed by atoms with Crippen molar-refractivity contribution >= 4 is 5.91 Å². The highest BCUT2D eigenvalue weighted by Crippen LogP contribution is 2.24. The van der Waals surface area contributed by atoms with Gasteiger partial charge >= 0.3 is 0 Å². The van der Waals surface area contributed by atoms with E-state index in [1.54, 1.807) is 0 Å².